The molecule has 1 aliphatic carbocycles. The number of amides is 2. The lowest BCUT2D eigenvalue weighted by molar-refractivity contribution is 0.104. The quantitative estimate of drug-likeness (QED) is 0.531. The van der Waals surface area contributed by atoms with Gasteiger partial charge in [0.15, 0.2) is 11.6 Å². The number of fused-ring (bicyclic) bond motifs is 3. The van der Waals surface area contributed by atoms with Gasteiger partial charge in [-0.3, -0.25) is 15.2 Å². The Hall–Kier alpha value is -2.71. The fourth-order valence-corrected chi connectivity index (χ4v) is 2.35. The van der Waals surface area contributed by atoms with Crippen molar-refractivity contribution in [3.63, 3.8) is 0 Å². The minimum Gasteiger partial charge on any atom is -0.288 e. The van der Waals surface area contributed by atoms with Crippen LogP contribution in [0.3, 0.4) is 0 Å². The third kappa shape index (κ3) is 1.97. The SMILES string of the molecule is CNN(NC)C(=O)Nc1n[nH]c2c1C(=O)c1ccccc1-2. The molecule has 1 aliphatic rings. The van der Waals surface area contributed by atoms with E-state index in [1.807, 2.05) is 12.1 Å². The Balaban J connectivity index is 1.94. The zero-order valence-corrected chi connectivity index (χ0v) is 11.5. The summed E-state index contributed by atoms with van der Waals surface area (Å²) in [5.74, 6) is 0.0665. The predicted molar refractivity (Wildman–Crippen MR) is 76.4 cm³/mol. The van der Waals surface area contributed by atoms with Crippen molar-refractivity contribution < 1.29 is 9.59 Å². The van der Waals surface area contributed by atoms with Crippen LogP contribution in [0, 0.1) is 0 Å². The summed E-state index contributed by atoms with van der Waals surface area (Å²) in [5, 5.41) is 10.5. The van der Waals surface area contributed by atoms with Crippen molar-refractivity contribution in [2.45, 2.75) is 0 Å². The highest BCUT2D eigenvalue weighted by atomic mass is 16.2. The van der Waals surface area contributed by atoms with Crippen molar-refractivity contribution in [3.8, 4) is 11.3 Å². The molecule has 0 unspecified atom stereocenters. The van der Waals surface area contributed by atoms with Crippen LogP contribution in [0.15, 0.2) is 24.3 Å². The number of carbonyl (C=O) groups is 2. The molecule has 3 rings (SSSR count). The summed E-state index contributed by atoms with van der Waals surface area (Å²) in [7, 11) is 3.18. The van der Waals surface area contributed by atoms with Gasteiger partial charge in [0.25, 0.3) is 0 Å². The zero-order valence-electron chi connectivity index (χ0n) is 11.5. The molecule has 0 saturated carbocycles. The molecule has 0 bridgehead atoms. The van der Waals surface area contributed by atoms with Gasteiger partial charge >= 0.3 is 6.03 Å². The van der Waals surface area contributed by atoms with Gasteiger partial charge in [-0.05, 0) is 0 Å². The number of anilines is 1. The summed E-state index contributed by atoms with van der Waals surface area (Å²) >= 11 is 0. The van der Waals surface area contributed by atoms with Crippen LogP contribution < -0.4 is 16.2 Å². The molecule has 0 saturated heterocycles. The normalized spacial score (nSPS) is 12.0. The second kappa shape index (κ2) is 5.00. The molecule has 8 heteroatoms. The molecule has 108 valence electrons. The highest BCUT2D eigenvalue weighted by Gasteiger charge is 2.32. The fourth-order valence-electron chi connectivity index (χ4n) is 2.35. The van der Waals surface area contributed by atoms with Gasteiger partial charge in [0, 0.05) is 25.2 Å². The smallest absolute Gasteiger partial charge is 0.288 e. The molecule has 0 atom stereocenters. The van der Waals surface area contributed by atoms with Gasteiger partial charge in [-0.25, -0.2) is 15.6 Å². The van der Waals surface area contributed by atoms with Crippen molar-refractivity contribution in [2.75, 3.05) is 19.4 Å². The van der Waals surface area contributed by atoms with Crippen molar-refractivity contribution in [1.82, 2.24) is 26.2 Å². The van der Waals surface area contributed by atoms with E-state index in [0.717, 1.165) is 10.7 Å². The molecule has 0 aliphatic heterocycles. The number of carbonyl (C=O) groups excluding carboxylic acids is 2. The van der Waals surface area contributed by atoms with Gasteiger partial charge in [0.05, 0.1) is 11.3 Å². The van der Waals surface area contributed by atoms with E-state index in [-0.39, 0.29) is 11.6 Å². The first-order valence-electron chi connectivity index (χ1n) is 6.35. The van der Waals surface area contributed by atoms with Crippen LogP contribution in [-0.4, -0.2) is 41.2 Å². The molecule has 1 aromatic heterocycles. The van der Waals surface area contributed by atoms with Crippen LogP contribution in [0.1, 0.15) is 15.9 Å². The lowest BCUT2D eigenvalue weighted by atomic mass is 10.1. The van der Waals surface area contributed by atoms with E-state index < -0.39 is 6.03 Å². The maximum Gasteiger partial charge on any atom is 0.352 e. The minimum absolute atomic E-state index is 0.148. The van der Waals surface area contributed by atoms with Crippen LogP contribution in [0.25, 0.3) is 11.3 Å². The summed E-state index contributed by atoms with van der Waals surface area (Å²) in [5.41, 5.74) is 7.71. The average molecular weight is 286 g/mol. The third-order valence-electron chi connectivity index (χ3n) is 3.31. The van der Waals surface area contributed by atoms with Crippen molar-refractivity contribution >= 4 is 17.6 Å². The molecule has 8 nitrogen and oxygen atoms in total. The lowest BCUT2D eigenvalue weighted by Gasteiger charge is -2.19. The maximum absolute atomic E-state index is 12.4. The topological polar surface area (TPSA) is 102 Å². The van der Waals surface area contributed by atoms with Gasteiger partial charge in [-0.2, -0.15) is 10.2 Å². The van der Waals surface area contributed by atoms with Crippen LogP contribution in [0.5, 0.6) is 0 Å². The van der Waals surface area contributed by atoms with Crippen molar-refractivity contribution in [2.24, 2.45) is 0 Å². The summed E-state index contributed by atoms with van der Waals surface area (Å²) < 4.78 is 0. The second-order valence-electron chi connectivity index (χ2n) is 4.41. The molecule has 0 radical (unpaired) electrons. The first-order valence-corrected chi connectivity index (χ1v) is 6.35. The molecular formula is C13H14N6O2. The van der Waals surface area contributed by atoms with Crippen LogP contribution in [0.2, 0.25) is 0 Å². The van der Waals surface area contributed by atoms with Gasteiger partial charge in [0.1, 0.15) is 0 Å². The number of nitrogens with zero attached hydrogens (tertiary/aromatic N) is 2. The van der Waals surface area contributed by atoms with Crippen LogP contribution >= 0.6 is 0 Å². The van der Waals surface area contributed by atoms with Gasteiger partial charge < -0.3 is 0 Å². The summed E-state index contributed by atoms with van der Waals surface area (Å²) in [6, 6.07) is 6.78. The first-order chi connectivity index (χ1) is 10.2. The van der Waals surface area contributed by atoms with Gasteiger partial charge in [-0.15, -0.1) is 0 Å². The highest BCUT2D eigenvalue weighted by Crippen LogP contribution is 2.38. The number of ketones is 1. The van der Waals surface area contributed by atoms with Crippen LogP contribution in [0.4, 0.5) is 10.6 Å². The second-order valence-corrected chi connectivity index (χ2v) is 4.41. The van der Waals surface area contributed by atoms with Crippen LogP contribution in [-0.2, 0) is 0 Å². The Morgan fingerprint density at radius 3 is 2.52 bits per heavy atom. The zero-order chi connectivity index (χ0) is 15.0. The van der Waals surface area contributed by atoms with Gasteiger partial charge in [-0.1, -0.05) is 24.3 Å². The van der Waals surface area contributed by atoms with E-state index in [4.69, 9.17) is 0 Å². The first kappa shape index (κ1) is 13.3. The number of hydrogen-bond donors (Lipinski definition) is 4. The predicted octanol–water partition coefficient (Wildman–Crippen LogP) is 0.724. The number of rotatable bonds is 3. The number of aromatic amines is 1. The standard InChI is InChI=1S/C13H14N6O2/c1-14-19(15-2)13(21)16-12-9-10(17-18-12)7-5-3-4-6-8(7)11(9)20/h3-6,14-15H,1-2H3,(H2,16,17,18,21). The Morgan fingerprint density at radius 2 is 1.86 bits per heavy atom. The van der Waals surface area contributed by atoms with E-state index in [1.165, 1.54) is 0 Å². The fraction of sp³-hybridized carbons (Fsp3) is 0.154. The molecule has 0 spiro atoms. The summed E-state index contributed by atoms with van der Waals surface area (Å²) in [6.07, 6.45) is 0. The Morgan fingerprint density at radius 1 is 1.19 bits per heavy atom. The average Bonchev–Trinajstić information content (AvgIpc) is 3.02. The molecular weight excluding hydrogens is 272 g/mol. The van der Waals surface area contributed by atoms with Gasteiger partial charge in [0.2, 0.25) is 0 Å². The largest absolute Gasteiger partial charge is 0.352 e. The number of aromatic nitrogens is 2. The lowest BCUT2D eigenvalue weighted by Crippen LogP contribution is -2.50. The van der Waals surface area contributed by atoms with Crippen molar-refractivity contribution in [3.05, 3.63) is 35.4 Å². The maximum atomic E-state index is 12.4. The van der Waals surface area contributed by atoms with E-state index in [2.05, 4.69) is 26.4 Å². The molecule has 2 aromatic rings. The molecule has 21 heavy (non-hydrogen) atoms. The van der Waals surface area contributed by atoms with E-state index in [0.29, 0.717) is 16.8 Å². The number of H-pyrrole nitrogens is 1. The number of benzene rings is 1. The third-order valence-corrected chi connectivity index (χ3v) is 3.31. The summed E-state index contributed by atoms with van der Waals surface area (Å²) in [6.45, 7) is 0. The Bertz CT molecular complexity index is 719. The van der Waals surface area contributed by atoms with Crippen molar-refractivity contribution in [1.29, 1.82) is 0 Å². The number of nitrogens with one attached hydrogen (secondary N) is 4. The number of urea groups is 1. The van der Waals surface area contributed by atoms with E-state index >= 15 is 0 Å². The Kier molecular flexibility index (Phi) is 3.16. The minimum atomic E-state index is -0.474. The molecule has 1 heterocycles. The number of hydrazine groups is 2. The number of hydrogen-bond acceptors (Lipinski definition) is 5. The van der Waals surface area contributed by atoms with E-state index in [9.17, 15) is 9.59 Å². The Labute approximate surface area is 120 Å². The highest BCUT2D eigenvalue weighted by molar-refractivity contribution is 6.24. The van der Waals surface area contributed by atoms with E-state index in [1.54, 1.807) is 26.2 Å². The molecule has 0 fully saturated rings. The molecule has 1 aromatic carbocycles. The molecule has 2 amide bonds. The molecule has 4 N–H and O–H groups in total. The monoisotopic (exact) mass is 286 g/mol. The summed E-state index contributed by atoms with van der Waals surface area (Å²) in [4.78, 5) is 24.4.